The molecule has 0 aromatic carbocycles. The lowest BCUT2D eigenvalue weighted by molar-refractivity contribution is -0.140. The summed E-state index contributed by atoms with van der Waals surface area (Å²) in [7, 11) is 0. The van der Waals surface area contributed by atoms with E-state index < -0.39 is 5.97 Å². The Morgan fingerprint density at radius 2 is 1.86 bits per heavy atom. The first-order valence-electron chi connectivity index (χ1n) is 5.26. The highest BCUT2D eigenvalue weighted by molar-refractivity contribution is 5.72. The van der Waals surface area contributed by atoms with Gasteiger partial charge in [0.15, 0.2) is 0 Å². The average molecular weight is 196 g/mol. The summed E-state index contributed by atoms with van der Waals surface area (Å²) in [6.45, 7) is 4.08. The van der Waals surface area contributed by atoms with Crippen molar-refractivity contribution in [3.63, 3.8) is 0 Å². The molecule has 0 aliphatic heterocycles. The molecule has 1 N–H and O–H groups in total. The van der Waals surface area contributed by atoms with Gasteiger partial charge in [0.1, 0.15) is 0 Å². The highest BCUT2D eigenvalue weighted by Crippen LogP contribution is 2.10. The van der Waals surface area contributed by atoms with Gasteiger partial charge in [-0.1, -0.05) is 38.2 Å². The maximum absolute atomic E-state index is 10.8. The van der Waals surface area contributed by atoms with Gasteiger partial charge in [0.25, 0.3) is 0 Å². The van der Waals surface area contributed by atoms with Crippen LogP contribution in [-0.2, 0) is 4.79 Å². The van der Waals surface area contributed by atoms with Gasteiger partial charge in [0.05, 0.1) is 5.92 Å². The Bertz CT molecular complexity index is 204. The largest absolute Gasteiger partial charge is 0.481 e. The van der Waals surface area contributed by atoms with E-state index >= 15 is 0 Å². The molecule has 0 bridgehead atoms. The third-order valence-electron chi connectivity index (χ3n) is 1.97. The van der Waals surface area contributed by atoms with Crippen LogP contribution in [0.15, 0.2) is 24.3 Å². The SMILES string of the molecule is CCC=CCCC(/C=C\CC)C(=O)O. The van der Waals surface area contributed by atoms with E-state index in [0.29, 0.717) is 6.42 Å². The van der Waals surface area contributed by atoms with Gasteiger partial charge in [0, 0.05) is 0 Å². The molecular formula is C12H20O2. The molecular weight excluding hydrogens is 176 g/mol. The Hall–Kier alpha value is -1.05. The van der Waals surface area contributed by atoms with Crippen molar-refractivity contribution >= 4 is 5.97 Å². The molecule has 0 amide bonds. The van der Waals surface area contributed by atoms with Crippen LogP contribution in [0.5, 0.6) is 0 Å². The van der Waals surface area contributed by atoms with Crippen molar-refractivity contribution in [2.75, 3.05) is 0 Å². The van der Waals surface area contributed by atoms with Crippen molar-refractivity contribution in [3.05, 3.63) is 24.3 Å². The van der Waals surface area contributed by atoms with Crippen molar-refractivity contribution in [1.29, 1.82) is 0 Å². The predicted octanol–water partition coefficient (Wildman–Crippen LogP) is 3.40. The summed E-state index contributed by atoms with van der Waals surface area (Å²) < 4.78 is 0. The summed E-state index contributed by atoms with van der Waals surface area (Å²) in [6.07, 6.45) is 11.3. The van der Waals surface area contributed by atoms with Crippen LogP contribution in [-0.4, -0.2) is 11.1 Å². The van der Waals surface area contributed by atoms with Gasteiger partial charge in [-0.3, -0.25) is 4.79 Å². The molecule has 0 aliphatic carbocycles. The Labute approximate surface area is 86.3 Å². The molecule has 0 fully saturated rings. The maximum atomic E-state index is 10.8. The molecule has 0 radical (unpaired) electrons. The monoisotopic (exact) mass is 196 g/mol. The number of carboxylic acid groups (broad SMARTS) is 1. The second-order valence-electron chi connectivity index (χ2n) is 3.24. The standard InChI is InChI=1S/C12H20O2/c1-3-5-7-8-10-11(12(13)14)9-6-4-2/h5-7,9,11H,3-4,8,10H2,1-2H3,(H,13,14)/b7-5?,9-6-. The number of carbonyl (C=O) groups is 1. The lowest BCUT2D eigenvalue weighted by Crippen LogP contribution is -2.10. The zero-order valence-corrected chi connectivity index (χ0v) is 9.07. The molecule has 2 heteroatoms. The quantitative estimate of drug-likeness (QED) is 0.634. The minimum Gasteiger partial charge on any atom is -0.481 e. The van der Waals surface area contributed by atoms with Gasteiger partial charge in [0.2, 0.25) is 0 Å². The molecule has 0 saturated heterocycles. The smallest absolute Gasteiger partial charge is 0.310 e. The number of carboxylic acids is 1. The van der Waals surface area contributed by atoms with Crippen molar-refractivity contribution in [1.82, 2.24) is 0 Å². The number of hydrogen-bond donors (Lipinski definition) is 1. The normalized spacial score (nSPS) is 13.9. The first kappa shape index (κ1) is 12.9. The number of allylic oxidation sites excluding steroid dienone is 3. The molecule has 0 spiro atoms. The van der Waals surface area contributed by atoms with E-state index in [2.05, 4.69) is 19.1 Å². The fourth-order valence-corrected chi connectivity index (χ4v) is 1.16. The maximum Gasteiger partial charge on any atom is 0.310 e. The van der Waals surface area contributed by atoms with Crippen molar-refractivity contribution in [2.45, 2.75) is 39.5 Å². The zero-order valence-electron chi connectivity index (χ0n) is 9.07. The third-order valence-corrected chi connectivity index (χ3v) is 1.97. The zero-order chi connectivity index (χ0) is 10.8. The lowest BCUT2D eigenvalue weighted by Gasteiger charge is -2.04. The topological polar surface area (TPSA) is 37.3 Å². The molecule has 0 aliphatic rings. The second-order valence-corrected chi connectivity index (χ2v) is 3.24. The number of hydrogen-bond acceptors (Lipinski definition) is 1. The van der Waals surface area contributed by atoms with E-state index in [4.69, 9.17) is 5.11 Å². The van der Waals surface area contributed by atoms with Gasteiger partial charge in [-0.05, 0) is 25.7 Å². The summed E-state index contributed by atoms with van der Waals surface area (Å²) in [5, 5.41) is 8.88. The second kappa shape index (κ2) is 8.54. The van der Waals surface area contributed by atoms with Crippen LogP contribution in [0.3, 0.4) is 0 Å². The Kier molecular flexibility index (Phi) is 7.90. The number of rotatable bonds is 7. The fourth-order valence-electron chi connectivity index (χ4n) is 1.16. The van der Waals surface area contributed by atoms with E-state index in [0.717, 1.165) is 19.3 Å². The molecule has 1 atom stereocenters. The summed E-state index contributed by atoms with van der Waals surface area (Å²) in [6, 6.07) is 0. The number of aliphatic carboxylic acids is 1. The molecule has 0 saturated carbocycles. The predicted molar refractivity (Wildman–Crippen MR) is 59.2 cm³/mol. The third kappa shape index (κ3) is 6.46. The van der Waals surface area contributed by atoms with Crippen LogP contribution in [0.25, 0.3) is 0 Å². The van der Waals surface area contributed by atoms with Gasteiger partial charge in [-0.2, -0.15) is 0 Å². The first-order valence-corrected chi connectivity index (χ1v) is 5.26. The molecule has 0 aromatic rings. The molecule has 0 heterocycles. The van der Waals surface area contributed by atoms with Crippen molar-refractivity contribution in [2.24, 2.45) is 5.92 Å². The molecule has 14 heavy (non-hydrogen) atoms. The van der Waals surface area contributed by atoms with Crippen LogP contribution in [0.2, 0.25) is 0 Å². The summed E-state index contributed by atoms with van der Waals surface area (Å²) in [4.78, 5) is 10.8. The van der Waals surface area contributed by atoms with Gasteiger partial charge in [-0.25, -0.2) is 0 Å². The highest BCUT2D eigenvalue weighted by atomic mass is 16.4. The van der Waals surface area contributed by atoms with E-state index in [1.807, 2.05) is 13.0 Å². The van der Waals surface area contributed by atoms with Crippen LogP contribution < -0.4 is 0 Å². The van der Waals surface area contributed by atoms with Gasteiger partial charge < -0.3 is 5.11 Å². The molecule has 80 valence electrons. The van der Waals surface area contributed by atoms with E-state index in [-0.39, 0.29) is 5.92 Å². The van der Waals surface area contributed by atoms with Crippen molar-refractivity contribution < 1.29 is 9.90 Å². The molecule has 2 nitrogen and oxygen atoms in total. The summed E-state index contributed by atoms with van der Waals surface area (Å²) in [5.41, 5.74) is 0. The molecule has 0 aromatic heterocycles. The van der Waals surface area contributed by atoms with E-state index in [9.17, 15) is 4.79 Å². The van der Waals surface area contributed by atoms with E-state index in [1.54, 1.807) is 6.08 Å². The van der Waals surface area contributed by atoms with E-state index in [1.165, 1.54) is 0 Å². The Morgan fingerprint density at radius 3 is 2.36 bits per heavy atom. The Morgan fingerprint density at radius 1 is 1.21 bits per heavy atom. The average Bonchev–Trinajstić information content (AvgIpc) is 2.16. The van der Waals surface area contributed by atoms with Crippen LogP contribution in [0, 0.1) is 5.92 Å². The first-order chi connectivity index (χ1) is 6.72. The van der Waals surface area contributed by atoms with Crippen LogP contribution >= 0.6 is 0 Å². The lowest BCUT2D eigenvalue weighted by atomic mass is 10.0. The van der Waals surface area contributed by atoms with Crippen LogP contribution in [0.1, 0.15) is 39.5 Å². The van der Waals surface area contributed by atoms with Gasteiger partial charge >= 0.3 is 5.97 Å². The van der Waals surface area contributed by atoms with Crippen LogP contribution in [0.4, 0.5) is 0 Å². The minimum absolute atomic E-state index is 0.323. The highest BCUT2D eigenvalue weighted by Gasteiger charge is 2.11. The summed E-state index contributed by atoms with van der Waals surface area (Å²) in [5.74, 6) is -1.05. The van der Waals surface area contributed by atoms with Gasteiger partial charge in [-0.15, -0.1) is 0 Å². The minimum atomic E-state index is -0.723. The summed E-state index contributed by atoms with van der Waals surface area (Å²) >= 11 is 0. The van der Waals surface area contributed by atoms with Crippen molar-refractivity contribution in [3.8, 4) is 0 Å². The fraction of sp³-hybridized carbons (Fsp3) is 0.583. The Balaban J connectivity index is 3.91. The molecule has 0 rings (SSSR count). The molecule has 1 unspecified atom stereocenters.